The number of rotatable bonds is 5. The predicted octanol–water partition coefficient (Wildman–Crippen LogP) is 3.66. The van der Waals surface area contributed by atoms with Gasteiger partial charge in [-0.2, -0.15) is 0 Å². The maximum Gasteiger partial charge on any atom is 0.221 e. The quantitative estimate of drug-likeness (QED) is 0.900. The summed E-state index contributed by atoms with van der Waals surface area (Å²) in [6.07, 6.45) is 4.58. The van der Waals surface area contributed by atoms with E-state index < -0.39 is 0 Å². The average molecular weight is 311 g/mol. The maximum atomic E-state index is 11.3. The number of anilines is 1. The van der Waals surface area contributed by atoms with Crippen LogP contribution in [0.5, 0.6) is 0 Å². The molecule has 3 nitrogen and oxygen atoms in total. The Hall–Kier alpha value is -1.06. The lowest BCUT2D eigenvalue weighted by Gasteiger charge is -2.35. The van der Waals surface area contributed by atoms with Crippen molar-refractivity contribution in [1.82, 2.24) is 4.90 Å². The fourth-order valence-corrected chi connectivity index (χ4v) is 3.29. The number of fused-ring (bicyclic) bond motifs is 1. The molecular formula is C17H27ClN2O. The van der Waals surface area contributed by atoms with E-state index in [0.29, 0.717) is 6.04 Å². The van der Waals surface area contributed by atoms with Crippen LogP contribution < -0.4 is 5.32 Å². The topological polar surface area (TPSA) is 32.3 Å². The van der Waals surface area contributed by atoms with E-state index in [1.54, 1.807) is 6.92 Å². The molecule has 1 aliphatic rings. The molecule has 1 N–H and O–H groups in total. The highest BCUT2D eigenvalue weighted by molar-refractivity contribution is 5.89. The summed E-state index contributed by atoms with van der Waals surface area (Å²) in [5.74, 6) is 0.0155. The van der Waals surface area contributed by atoms with Gasteiger partial charge in [0.05, 0.1) is 0 Å². The first-order chi connectivity index (χ1) is 9.65. The number of hydrogen-bond acceptors (Lipinski definition) is 2. The molecule has 0 bridgehead atoms. The van der Waals surface area contributed by atoms with Crippen molar-refractivity contribution >= 4 is 24.0 Å². The number of nitrogens with one attached hydrogen (secondary N) is 1. The van der Waals surface area contributed by atoms with Crippen LogP contribution >= 0.6 is 12.4 Å². The second-order valence-electron chi connectivity index (χ2n) is 5.65. The summed E-state index contributed by atoms with van der Waals surface area (Å²) in [6.45, 7) is 8.37. The average Bonchev–Trinajstić information content (AvgIpc) is 2.44. The number of halogens is 1. The fourth-order valence-electron chi connectivity index (χ4n) is 3.29. The van der Waals surface area contributed by atoms with E-state index in [4.69, 9.17) is 0 Å². The van der Waals surface area contributed by atoms with E-state index in [-0.39, 0.29) is 18.3 Å². The molecule has 4 heteroatoms. The number of benzene rings is 1. The zero-order chi connectivity index (χ0) is 14.5. The summed E-state index contributed by atoms with van der Waals surface area (Å²) in [6, 6.07) is 6.94. The molecule has 0 spiro atoms. The summed E-state index contributed by atoms with van der Waals surface area (Å²) in [4.78, 5) is 13.9. The third kappa shape index (κ3) is 4.45. The minimum absolute atomic E-state index is 0. The molecule has 2 rings (SSSR count). The minimum Gasteiger partial charge on any atom is -0.326 e. The normalized spacial score (nSPS) is 17.0. The molecule has 118 valence electrons. The van der Waals surface area contributed by atoms with E-state index in [0.717, 1.165) is 25.1 Å². The molecular weight excluding hydrogens is 284 g/mol. The molecule has 1 aromatic rings. The van der Waals surface area contributed by atoms with Gasteiger partial charge >= 0.3 is 0 Å². The van der Waals surface area contributed by atoms with E-state index >= 15 is 0 Å². The molecule has 0 saturated heterocycles. The minimum atomic E-state index is 0. The molecule has 0 heterocycles. The van der Waals surface area contributed by atoms with Crippen LogP contribution in [-0.2, 0) is 17.6 Å². The van der Waals surface area contributed by atoms with Crippen molar-refractivity contribution < 1.29 is 4.79 Å². The SMILES string of the molecule is CCCN(CC)C1CCc2c(cccc2NC(C)=O)C1.Cl. The lowest BCUT2D eigenvalue weighted by Crippen LogP contribution is -2.39. The number of hydrogen-bond donors (Lipinski definition) is 1. The third-order valence-corrected chi connectivity index (χ3v) is 4.20. The number of carbonyl (C=O) groups is 1. The molecule has 1 atom stereocenters. The Morgan fingerprint density at radius 1 is 1.38 bits per heavy atom. The Balaban J connectivity index is 0.00000220. The Morgan fingerprint density at radius 3 is 2.76 bits per heavy atom. The van der Waals surface area contributed by atoms with Crippen LogP contribution in [0.4, 0.5) is 5.69 Å². The highest BCUT2D eigenvalue weighted by Crippen LogP contribution is 2.30. The van der Waals surface area contributed by atoms with Gasteiger partial charge < -0.3 is 10.2 Å². The van der Waals surface area contributed by atoms with Gasteiger partial charge in [0.15, 0.2) is 0 Å². The smallest absolute Gasteiger partial charge is 0.221 e. The summed E-state index contributed by atoms with van der Waals surface area (Å²) in [7, 11) is 0. The van der Waals surface area contributed by atoms with Crippen LogP contribution in [0.25, 0.3) is 0 Å². The maximum absolute atomic E-state index is 11.3. The highest BCUT2D eigenvalue weighted by atomic mass is 35.5. The first-order valence-corrected chi connectivity index (χ1v) is 7.78. The van der Waals surface area contributed by atoms with Gasteiger partial charge in [-0.15, -0.1) is 12.4 Å². The van der Waals surface area contributed by atoms with Crippen LogP contribution in [0.2, 0.25) is 0 Å². The van der Waals surface area contributed by atoms with Crippen molar-refractivity contribution in [3.05, 3.63) is 29.3 Å². The fraction of sp³-hybridized carbons (Fsp3) is 0.588. The van der Waals surface area contributed by atoms with Gasteiger partial charge in [-0.05, 0) is 56.0 Å². The van der Waals surface area contributed by atoms with Crippen molar-refractivity contribution in [2.45, 2.75) is 52.5 Å². The number of likely N-dealkylation sites (N-methyl/N-ethyl adjacent to an activating group) is 1. The van der Waals surface area contributed by atoms with E-state index in [2.05, 4.69) is 36.2 Å². The van der Waals surface area contributed by atoms with E-state index in [1.807, 2.05) is 6.07 Å². The molecule has 0 saturated carbocycles. The monoisotopic (exact) mass is 310 g/mol. The van der Waals surface area contributed by atoms with Gasteiger partial charge in [-0.25, -0.2) is 0 Å². The summed E-state index contributed by atoms with van der Waals surface area (Å²) in [5.41, 5.74) is 3.75. The number of nitrogens with zero attached hydrogens (tertiary/aromatic N) is 1. The molecule has 0 aromatic heterocycles. The van der Waals surface area contributed by atoms with Gasteiger partial charge in [0.1, 0.15) is 0 Å². The van der Waals surface area contributed by atoms with Gasteiger partial charge in [-0.3, -0.25) is 4.79 Å². The summed E-state index contributed by atoms with van der Waals surface area (Å²) in [5, 5.41) is 2.96. The largest absolute Gasteiger partial charge is 0.326 e. The van der Waals surface area contributed by atoms with Gasteiger partial charge in [0.25, 0.3) is 0 Å². The first-order valence-electron chi connectivity index (χ1n) is 7.78. The predicted molar refractivity (Wildman–Crippen MR) is 91.3 cm³/mol. The van der Waals surface area contributed by atoms with Crippen LogP contribution in [-0.4, -0.2) is 29.9 Å². The summed E-state index contributed by atoms with van der Waals surface area (Å²) < 4.78 is 0. The number of amides is 1. The van der Waals surface area contributed by atoms with Crippen molar-refractivity contribution in [3.8, 4) is 0 Å². The molecule has 1 unspecified atom stereocenters. The first kappa shape index (κ1) is 18.0. The second kappa shape index (κ2) is 8.40. The second-order valence-corrected chi connectivity index (χ2v) is 5.65. The Bertz CT molecular complexity index is 476. The van der Waals surface area contributed by atoms with Crippen LogP contribution in [0.3, 0.4) is 0 Å². The van der Waals surface area contributed by atoms with Crippen LogP contribution in [0.15, 0.2) is 18.2 Å². The van der Waals surface area contributed by atoms with Gasteiger partial charge in [0.2, 0.25) is 5.91 Å². The zero-order valence-corrected chi connectivity index (χ0v) is 14.1. The van der Waals surface area contributed by atoms with E-state index in [9.17, 15) is 4.79 Å². The van der Waals surface area contributed by atoms with Crippen LogP contribution in [0, 0.1) is 0 Å². The standard InChI is InChI=1S/C17H26N2O.ClH/c1-4-11-19(5-2)15-9-10-16-14(12-15)7-6-8-17(16)18-13(3)20;/h6-8,15H,4-5,9-12H2,1-3H3,(H,18,20);1H. The van der Waals surface area contributed by atoms with E-state index in [1.165, 1.54) is 30.5 Å². The highest BCUT2D eigenvalue weighted by Gasteiger charge is 2.24. The lowest BCUT2D eigenvalue weighted by molar-refractivity contribution is -0.114. The lowest BCUT2D eigenvalue weighted by atomic mass is 9.86. The molecule has 0 fully saturated rings. The van der Waals surface area contributed by atoms with Crippen molar-refractivity contribution in [3.63, 3.8) is 0 Å². The van der Waals surface area contributed by atoms with Gasteiger partial charge in [0, 0.05) is 18.7 Å². The van der Waals surface area contributed by atoms with Crippen LogP contribution in [0.1, 0.15) is 44.7 Å². The van der Waals surface area contributed by atoms with Gasteiger partial charge in [-0.1, -0.05) is 26.0 Å². The molecule has 1 aromatic carbocycles. The zero-order valence-electron chi connectivity index (χ0n) is 13.3. The number of carbonyl (C=O) groups excluding carboxylic acids is 1. The molecule has 21 heavy (non-hydrogen) atoms. The van der Waals surface area contributed by atoms with Crippen molar-refractivity contribution in [2.75, 3.05) is 18.4 Å². The third-order valence-electron chi connectivity index (χ3n) is 4.20. The Morgan fingerprint density at radius 2 is 2.14 bits per heavy atom. The molecule has 0 radical (unpaired) electrons. The van der Waals surface area contributed by atoms with Crippen molar-refractivity contribution in [1.29, 1.82) is 0 Å². The molecule has 0 aliphatic heterocycles. The molecule has 1 amide bonds. The molecule has 1 aliphatic carbocycles. The van der Waals surface area contributed by atoms with Crippen molar-refractivity contribution in [2.24, 2.45) is 0 Å². The Labute approximate surface area is 134 Å². The summed E-state index contributed by atoms with van der Waals surface area (Å²) >= 11 is 0. The Kier molecular flexibility index (Phi) is 7.20.